The van der Waals surface area contributed by atoms with Crippen LogP contribution < -0.4 is 19.7 Å². The normalized spacial score (nSPS) is 28.0. The lowest BCUT2D eigenvalue weighted by atomic mass is 9.63. The van der Waals surface area contributed by atoms with Crippen LogP contribution in [-0.4, -0.2) is 73.4 Å². The maximum absolute atomic E-state index is 13.9. The fourth-order valence-corrected chi connectivity index (χ4v) is 12.2. The van der Waals surface area contributed by atoms with E-state index in [1.807, 2.05) is 12.1 Å². The molecule has 2 aromatic heterocycles. The number of hydrogen-bond donors (Lipinski definition) is 3. The molecule has 13 nitrogen and oxygen atoms in total. The molecule has 3 heterocycles. The number of aromatic nitrogens is 2. The summed E-state index contributed by atoms with van der Waals surface area (Å²) in [5, 5.41) is 16.2. The van der Waals surface area contributed by atoms with E-state index in [4.69, 9.17) is 4.74 Å². The Morgan fingerprint density at radius 2 is 1.85 bits per heavy atom. The Bertz CT molecular complexity index is 2540. The maximum atomic E-state index is 13.9. The zero-order valence-electron chi connectivity index (χ0n) is 35.4. The Kier molecular flexibility index (Phi) is 9.97. The number of pyridine rings is 1. The molecule has 1 amide bonds. The van der Waals surface area contributed by atoms with E-state index >= 15 is 0 Å². The van der Waals surface area contributed by atoms with Gasteiger partial charge in [0.05, 0.1) is 21.6 Å². The molecule has 2 aromatic carbocycles. The van der Waals surface area contributed by atoms with Gasteiger partial charge in [0.15, 0.2) is 0 Å². The predicted octanol–water partition coefficient (Wildman–Crippen LogP) is 8.91. The van der Waals surface area contributed by atoms with Gasteiger partial charge in [-0.2, -0.15) is 0 Å². The number of rotatable bonds is 13. The number of aromatic amines is 1. The number of ether oxygens (including phenoxy) is 1. The molecule has 6 aliphatic rings. The number of piperazine rings is 1. The van der Waals surface area contributed by atoms with Crippen LogP contribution in [0.1, 0.15) is 88.9 Å². The Labute approximate surface area is 357 Å². The highest BCUT2D eigenvalue weighted by Gasteiger charge is 2.64. The first-order valence-electron chi connectivity index (χ1n) is 22.2. The topological polar surface area (TPSA) is 163 Å². The van der Waals surface area contributed by atoms with E-state index in [9.17, 15) is 23.3 Å². The average Bonchev–Trinajstić information content (AvgIpc) is 4.04. The van der Waals surface area contributed by atoms with Crippen molar-refractivity contribution in [2.24, 2.45) is 40.4 Å². The molecule has 0 spiro atoms. The van der Waals surface area contributed by atoms with E-state index in [0.29, 0.717) is 34.7 Å². The van der Waals surface area contributed by atoms with Crippen LogP contribution in [0, 0.1) is 50.5 Å². The second kappa shape index (κ2) is 15.1. The van der Waals surface area contributed by atoms with Gasteiger partial charge in [-0.3, -0.25) is 19.8 Å². The van der Waals surface area contributed by atoms with Crippen molar-refractivity contribution in [3.05, 3.63) is 87.7 Å². The molecular formula is C47H57N7O6S. The van der Waals surface area contributed by atoms with Crippen LogP contribution in [0.5, 0.6) is 11.5 Å². The highest BCUT2D eigenvalue weighted by molar-refractivity contribution is 7.90. The molecule has 1 aliphatic heterocycles. The van der Waals surface area contributed by atoms with Crippen LogP contribution >= 0.6 is 0 Å². The molecule has 4 saturated carbocycles. The second-order valence-electron chi connectivity index (χ2n) is 20.1. The van der Waals surface area contributed by atoms with E-state index in [1.165, 1.54) is 57.1 Å². The first-order chi connectivity index (χ1) is 29.2. The van der Waals surface area contributed by atoms with Crippen LogP contribution in [0.15, 0.2) is 77.0 Å². The zero-order valence-corrected chi connectivity index (χ0v) is 36.2. The number of hydrogen-bond acceptors (Lipinski definition) is 10. The van der Waals surface area contributed by atoms with E-state index < -0.39 is 20.9 Å². The summed E-state index contributed by atoms with van der Waals surface area (Å²) in [6.07, 6.45) is 14.4. The first-order valence-corrected chi connectivity index (χ1v) is 23.7. The summed E-state index contributed by atoms with van der Waals surface area (Å²) >= 11 is 0. The van der Waals surface area contributed by atoms with Crippen LogP contribution in [0.2, 0.25) is 0 Å². The highest BCUT2D eigenvalue weighted by atomic mass is 32.2. The molecule has 10 rings (SSSR count). The van der Waals surface area contributed by atoms with Gasteiger partial charge in [-0.25, -0.2) is 18.1 Å². The molecule has 322 valence electrons. The number of amides is 1. The summed E-state index contributed by atoms with van der Waals surface area (Å²) in [6, 6.07) is 12.6. The minimum atomic E-state index is -4.52. The van der Waals surface area contributed by atoms with Crippen LogP contribution in [0.25, 0.3) is 11.0 Å². The van der Waals surface area contributed by atoms with Crippen LogP contribution in [0.3, 0.4) is 0 Å². The molecule has 5 fully saturated rings. The van der Waals surface area contributed by atoms with E-state index in [1.54, 1.807) is 41.7 Å². The van der Waals surface area contributed by atoms with Crippen molar-refractivity contribution in [1.29, 1.82) is 0 Å². The molecule has 4 aromatic rings. The molecule has 0 bridgehead atoms. The lowest BCUT2D eigenvalue weighted by molar-refractivity contribution is -0.384. The lowest BCUT2D eigenvalue weighted by Crippen LogP contribution is -2.47. The fraction of sp³-hybridized carbons (Fsp3) is 0.532. The zero-order chi connectivity index (χ0) is 42.3. The van der Waals surface area contributed by atoms with Gasteiger partial charge in [0.2, 0.25) is 0 Å². The molecule has 0 radical (unpaired) electrons. The number of nitrogens with one attached hydrogen (secondary N) is 3. The van der Waals surface area contributed by atoms with Crippen LogP contribution in [0.4, 0.5) is 17.1 Å². The fourth-order valence-electron chi connectivity index (χ4n) is 11.2. The Hall–Kier alpha value is -4.95. The van der Waals surface area contributed by atoms with Gasteiger partial charge in [0, 0.05) is 68.7 Å². The molecule has 14 heteroatoms. The van der Waals surface area contributed by atoms with Gasteiger partial charge in [0.25, 0.3) is 21.6 Å². The maximum Gasteiger partial charge on any atom is 0.293 e. The second-order valence-corrected chi connectivity index (χ2v) is 21.7. The average molecular weight is 848 g/mol. The Morgan fingerprint density at radius 1 is 1.02 bits per heavy atom. The number of sulfonamides is 1. The van der Waals surface area contributed by atoms with Gasteiger partial charge in [-0.15, -0.1) is 0 Å². The lowest BCUT2D eigenvalue weighted by Gasteiger charge is -2.44. The van der Waals surface area contributed by atoms with Crippen molar-refractivity contribution in [2.75, 3.05) is 49.5 Å². The number of allylic oxidation sites excluding steroid dienone is 1. The SMILES string of the molecule is CC1(C)CCC(CN2CCN(c3ccc(C(=O)NS(=O)(=O)c4ccc(NC[C@@H]5CC[C@@H]6CC6C5)c([N+](=O)[O-])c4)c(Oc4cnc5[nH]ccc5c4)c3)CC2)=C(C2CC3(C)CC23)C1. The van der Waals surface area contributed by atoms with Crippen molar-refractivity contribution < 1.29 is 22.9 Å². The van der Waals surface area contributed by atoms with E-state index in [-0.39, 0.29) is 27.6 Å². The summed E-state index contributed by atoms with van der Waals surface area (Å²) in [6.45, 7) is 12.3. The van der Waals surface area contributed by atoms with E-state index in [2.05, 4.69) is 50.6 Å². The number of carbonyl (C=O) groups is 1. The van der Waals surface area contributed by atoms with E-state index in [0.717, 1.165) is 86.4 Å². The summed E-state index contributed by atoms with van der Waals surface area (Å²) < 4.78 is 35.9. The minimum absolute atomic E-state index is 0.000687. The van der Waals surface area contributed by atoms with Crippen molar-refractivity contribution in [2.45, 2.75) is 83.5 Å². The van der Waals surface area contributed by atoms with Gasteiger partial charge >= 0.3 is 0 Å². The molecule has 5 aliphatic carbocycles. The summed E-state index contributed by atoms with van der Waals surface area (Å²) in [5.41, 5.74) is 5.85. The number of benzene rings is 2. The molecule has 61 heavy (non-hydrogen) atoms. The van der Waals surface area contributed by atoms with Gasteiger partial charge in [-0.05, 0) is 135 Å². The standard InChI is InChI=1S/C47H57N7O6S/c1-46(2)12-10-32(38(23-46)39-24-47(3)25-40(39)47)28-52-14-16-53(17-15-52)34-6-8-37(43(21-34)60-35-20-31-11-13-48-44(31)50-27-35)45(55)51-61(58,59)36-7-9-41(42(22-36)54(56)57)49-26-29-4-5-30-19-33(30)18-29/h6-9,11,13,20-22,27,29-30,33,39-40,49H,4-5,10,12,14-19,23-26,28H2,1-3H3,(H,48,50)(H,51,55)/t29-,30-,33?,39?,40?,47?/m1/s1. The third kappa shape index (κ3) is 8.13. The number of anilines is 2. The molecule has 4 unspecified atom stereocenters. The summed E-state index contributed by atoms with van der Waals surface area (Å²) in [7, 11) is -4.52. The summed E-state index contributed by atoms with van der Waals surface area (Å²) in [4.78, 5) is 37.5. The molecule has 6 atom stereocenters. The van der Waals surface area contributed by atoms with Crippen molar-refractivity contribution in [3.8, 4) is 11.5 Å². The Morgan fingerprint density at radius 3 is 2.61 bits per heavy atom. The summed E-state index contributed by atoms with van der Waals surface area (Å²) in [5.74, 6) is 3.35. The van der Waals surface area contributed by atoms with Gasteiger partial charge in [-0.1, -0.05) is 31.9 Å². The quantitative estimate of drug-likeness (QED) is 0.0673. The third-order valence-electron chi connectivity index (χ3n) is 15.2. The molecule has 3 N–H and O–H groups in total. The number of nitro benzene ring substituents is 1. The highest BCUT2D eigenvalue weighted by Crippen LogP contribution is 2.73. The number of nitro groups is 1. The molecule has 1 saturated heterocycles. The monoisotopic (exact) mass is 847 g/mol. The largest absolute Gasteiger partial charge is 0.455 e. The number of fused-ring (bicyclic) bond motifs is 3. The number of H-pyrrole nitrogens is 1. The Balaban J connectivity index is 0.853. The van der Waals surface area contributed by atoms with Crippen LogP contribution in [-0.2, 0) is 10.0 Å². The van der Waals surface area contributed by atoms with Crippen molar-refractivity contribution in [1.82, 2.24) is 19.6 Å². The first kappa shape index (κ1) is 40.1. The third-order valence-corrected chi connectivity index (χ3v) is 16.5. The van der Waals surface area contributed by atoms with Gasteiger partial charge in [0.1, 0.15) is 22.8 Å². The van der Waals surface area contributed by atoms with Crippen molar-refractivity contribution in [3.63, 3.8) is 0 Å². The molecular weight excluding hydrogens is 791 g/mol. The minimum Gasteiger partial charge on any atom is -0.455 e. The number of carbonyl (C=O) groups excluding carboxylic acids is 1. The number of nitrogens with zero attached hydrogens (tertiary/aromatic N) is 4. The van der Waals surface area contributed by atoms with Gasteiger partial charge < -0.3 is 19.9 Å². The van der Waals surface area contributed by atoms with Crippen molar-refractivity contribution >= 4 is 44.0 Å². The smallest absolute Gasteiger partial charge is 0.293 e. The predicted molar refractivity (Wildman–Crippen MR) is 235 cm³/mol.